The predicted molar refractivity (Wildman–Crippen MR) is 67.1 cm³/mol. The average Bonchev–Trinajstić information content (AvgIpc) is 2.36. The second kappa shape index (κ2) is 4.73. The molecule has 0 heterocycles. The first-order valence-corrected chi connectivity index (χ1v) is 5.55. The average molecular weight is 232 g/mol. The first-order valence-electron chi connectivity index (χ1n) is 5.55. The molecule has 0 radical (unpaired) electrons. The van der Waals surface area contributed by atoms with E-state index in [1.165, 1.54) is 0 Å². The van der Waals surface area contributed by atoms with E-state index in [4.69, 9.17) is 4.74 Å². The van der Waals surface area contributed by atoms with Crippen molar-refractivity contribution in [3.05, 3.63) is 42.0 Å². The van der Waals surface area contributed by atoms with Crippen molar-refractivity contribution in [3.63, 3.8) is 0 Å². The van der Waals surface area contributed by atoms with Crippen LogP contribution in [0.15, 0.2) is 36.4 Å². The lowest BCUT2D eigenvalue weighted by Gasteiger charge is -2.14. The van der Waals surface area contributed by atoms with Gasteiger partial charge in [0.1, 0.15) is 11.9 Å². The number of hydrogen-bond donors (Lipinski definition) is 2. The molecule has 0 aliphatic carbocycles. The first-order chi connectivity index (χ1) is 8.11. The highest BCUT2D eigenvalue weighted by Gasteiger charge is 2.13. The second-order valence-corrected chi connectivity index (χ2v) is 4.16. The zero-order chi connectivity index (χ0) is 12.4. The number of rotatable bonds is 3. The lowest BCUT2D eigenvalue weighted by Crippen LogP contribution is -2.13. The Morgan fingerprint density at radius 2 is 1.65 bits per heavy atom. The summed E-state index contributed by atoms with van der Waals surface area (Å²) >= 11 is 0. The Hall–Kier alpha value is -1.58. The smallest absolute Gasteiger partial charge is 0.119 e. The van der Waals surface area contributed by atoms with Crippen LogP contribution in [0.5, 0.6) is 5.75 Å². The Kier molecular flexibility index (Phi) is 3.31. The normalized spacial score (nSPS) is 14.6. The Bertz CT molecular complexity index is 520. The molecular weight excluding hydrogens is 216 g/mol. The van der Waals surface area contributed by atoms with E-state index in [-0.39, 0.29) is 0 Å². The molecule has 0 bridgehead atoms. The quantitative estimate of drug-likeness (QED) is 0.853. The largest absolute Gasteiger partial charge is 0.497 e. The van der Waals surface area contributed by atoms with Gasteiger partial charge >= 0.3 is 0 Å². The highest BCUT2D eigenvalue weighted by atomic mass is 16.5. The van der Waals surface area contributed by atoms with Gasteiger partial charge in [-0.15, -0.1) is 0 Å². The molecule has 0 aliphatic rings. The summed E-state index contributed by atoms with van der Waals surface area (Å²) in [5.41, 5.74) is 0.720. The fourth-order valence-corrected chi connectivity index (χ4v) is 1.83. The highest BCUT2D eigenvalue weighted by molar-refractivity contribution is 5.84. The van der Waals surface area contributed by atoms with E-state index in [1.54, 1.807) is 14.0 Å². The van der Waals surface area contributed by atoms with E-state index in [2.05, 4.69) is 0 Å². The van der Waals surface area contributed by atoms with Gasteiger partial charge in [-0.05, 0) is 41.5 Å². The molecule has 0 unspecified atom stereocenters. The van der Waals surface area contributed by atoms with Gasteiger partial charge in [0.2, 0.25) is 0 Å². The number of aliphatic hydroxyl groups excluding tert-OH is 2. The summed E-state index contributed by atoms with van der Waals surface area (Å²) in [7, 11) is 1.63. The lowest BCUT2D eigenvalue weighted by atomic mass is 10.0. The van der Waals surface area contributed by atoms with Gasteiger partial charge in [0.05, 0.1) is 13.2 Å². The fraction of sp³-hybridized carbons (Fsp3) is 0.286. The zero-order valence-electron chi connectivity index (χ0n) is 9.92. The summed E-state index contributed by atoms with van der Waals surface area (Å²) in [4.78, 5) is 0. The third-order valence-electron chi connectivity index (χ3n) is 2.87. The molecule has 2 N–H and O–H groups in total. The summed E-state index contributed by atoms with van der Waals surface area (Å²) in [5, 5.41) is 21.2. The standard InChI is InChI=1S/C14H16O3/c1-9(15)14(16)12-4-3-11-8-13(17-2)6-5-10(11)7-12/h3-9,14-16H,1-2H3/t9-,14+/m0/s1. The van der Waals surface area contributed by atoms with E-state index >= 15 is 0 Å². The van der Waals surface area contributed by atoms with Gasteiger partial charge in [0.15, 0.2) is 0 Å². The molecule has 2 aromatic carbocycles. The molecule has 2 aromatic rings. The monoisotopic (exact) mass is 232 g/mol. The minimum Gasteiger partial charge on any atom is -0.497 e. The van der Waals surface area contributed by atoms with Crippen LogP contribution in [0, 0.1) is 0 Å². The van der Waals surface area contributed by atoms with Crippen LogP contribution in [-0.2, 0) is 0 Å². The molecular formula is C14H16O3. The topological polar surface area (TPSA) is 49.7 Å². The van der Waals surface area contributed by atoms with Crippen molar-refractivity contribution in [2.24, 2.45) is 0 Å². The van der Waals surface area contributed by atoms with E-state index in [0.717, 1.165) is 22.1 Å². The fourth-order valence-electron chi connectivity index (χ4n) is 1.83. The maximum atomic E-state index is 9.78. The van der Waals surface area contributed by atoms with Crippen LogP contribution in [0.4, 0.5) is 0 Å². The van der Waals surface area contributed by atoms with Crippen molar-refractivity contribution in [2.45, 2.75) is 19.1 Å². The van der Waals surface area contributed by atoms with Crippen LogP contribution in [0.1, 0.15) is 18.6 Å². The number of ether oxygens (including phenoxy) is 1. The van der Waals surface area contributed by atoms with Crippen LogP contribution in [0.3, 0.4) is 0 Å². The third kappa shape index (κ3) is 2.40. The molecule has 0 amide bonds. The van der Waals surface area contributed by atoms with Crippen LogP contribution in [0.2, 0.25) is 0 Å². The molecule has 17 heavy (non-hydrogen) atoms. The van der Waals surface area contributed by atoms with Gasteiger partial charge in [-0.1, -0.05) is 18.2 Å². The van der Waals surface area contributed by atoms with E-state index in [0.29, 0.717) is 0 Å². The summed E-state index contributed by atoms with van der Waals surface area (Å²) in [6, 6.07) is 11.4. The molecule has 0 saturated heterocycles. The number of aliphatic hydroxyl groups is 2. The van der Waals surface area contributed by atoms with Gasteiger partial charge < -0.3 is 14.9 Å². The second-order valence-electron chi connectivity index (χ2n) is 4.16. The highest BCUT2D eigenvalue weighted by Crippen LogP contribution is 2.25. The van der Waals surface area contributed by atoms with Crippen LogP contribution in [-0.4, -0.2) is 23.4 Å². The van der Waals surface area contributed by atoms with Gasteiger partial charge in [-0.25, -0.2) is 0 Å². The third-order valence-corrected chi connectivity index (χ3v) is 2.87. The molecule has 2 rings (SSSR count). The summed E-state index contributed by atoms with van der Waals surface area (Å²) < 4.78 is 5.15. The first kappa shape index (κ1) is 11.9. The Morgan fingerprint density at radius 3 is 2.29 bits per heavy atom. The predicted octanol–water partition coefficient (Wildman–Crippen LogP) is 2.26. The van der Waals surface area contributed by atoms with E-state index in [1.807, 2.05) is 36.4 Å². The van der Waals surface area contributed by atoms with Crippen molar-refractivity contribution in [2.75, 3.05) is 7.11 Å². The van der Waals surface area contributed by atoms with Crippen molar-refractivity contribution in [3.8, 4) is 5.75 Å². The molecule has 0 fully saturated rings. The SMILES string of the molecule is COc1ccc2cc([C@H](O)[C@H](C)O)ccc2c1. The zero-order valence-corrected chi connectivity index (χ0v) is 9.92. The van der Waals surface area contributed by atoms with Gasteiger partial charge in [0.25, 0.3) is 0 Å². The Balaban J connectivity index is 2.44. The van der Waals surface area contributed by atoms with Crippen molar-refractivity contribution < 1.29 is 14.9 Å². The van der Waals surface area contributed by atoms with Gasteiger partial charge in [-0.3, -0.25) is 0 Å². The lowest BCUT2D eigenvalue weighted by molar-refractivity contribution is 0.0306. The molecule has 2 atom stereocenters. The molecule has 0 spiro atoms. The van der Waals surface area contributed by atoms with Crippen LogP contribution in [0.25, 0.3) is 10.8 Å². The Morgan fingerprint density at radius 1 is 1.00 bits per heavy atom. The minimum atomic E-state index is -0.846. The summed E-state index contributed by atoms with van der Waals surface area (Å²) in [6.07, 6.45) is -1.62. The summed E-state index contributed by atoms with van der Waals surface area (Å²) in [6.45, 7) is 1.57. The maximum absolute atomic E-state index is 9.78. The van der Waals surface area contributed by atoms with Gasteiger partial charge in [-0.2, -0.15) is 0 Å². The molecule has 0 aromatic heterocycles. The Labute approximate surface area is 100 Å². The van der Waals surface area contributed by atoms with Crippen molar-refractivity contribution in [1.82, 2.24) is 0 Å². The molecule has 3 nitrogen and oxygen atoms in total. The van der Waals surface area contributed by atoms with Crippen LogP contribution >= 0.6 is 0 Å². The molecule has 0 saturated carbocycles. The van der Waals surface area contributed by atoms with Crippen molar-refractivity contribution in [1.29, 1.82) is 0 Å². The number of methoxy groups -OCH3 is 1. The number of hydrogen-bond acceptors (Lipinski definition) is 3. The molecule has 90 valence electrons. The molecule has 3 heteroatoms. The number of benzene rings is 2. The maximum Gasteiger partial charge on any atom is 0.119 e. The molecule has 0 aliphatic heterocycles. The van der Waals surface area contributed by atoms with Crippen LogP contribution < -0.4 is 4.74 Å². The van der Waals surface area contributed by atoms with Crippen molar-refractivity contribution >= 4 is 10.8 Å². The van der Waals surface area contributed by atoms with E-state index < -0.39 is 12.2 Å². The van der Waals surface area contributed by atoms with Gasteiger partial charge in [0, 0.05) is 0 Å². The summed E-state index contributed by atoms with van der Waals surface area (Å²) in [5.74, 6) is 0.807. The number of fused-ring (bicyclic) bond motifs is 1. The minimum absolute atomic E-state index is 0.720. The van der Waals surface area contributed by atoms with E-state index in [9.17, 15) is 10.2 Å².